The van der Waals surface area contributed by atoms with E-state index in [1.807, 2.05) is 59.4 Å². The maximum atomic E-state index is 16.2. The van der Waals surface area contributed by atoms with Gasteiger partial charge >= 0.3 is 11.8 Å². The number of aryl methyl sites for hydroxylation is 1. The van der Waals surface area contributed by atoms with E-state index in [-0.39, 0.29) is 28.9 Å². The first-order chi connectivity index (χ1) is 21.2. The molecular formula is C35H39F2N5O3. The molecule has 1 amide bonds. The summed E-state index contributed by atoms with van der Waals surface area (Å²) >= 11 is 0. The van der Waals surface area contributed by atoms with E-state index in [9.17, 15) is 9.59 Å². The van der Waals surface area contributed by atoms with Gasteiger partial charge in [-0.05, 0) is 75.9 Å². The highest BCUT2D eigenvalue weighted by Crippen LogP contribution is 2.37. The maximum absolute atomic E-state index is 16.2. The van der Waals surface area contributed by atoms with Crippen LogP contribution in [0, 0.1) is 18.6 Å². The van der Waals surface area contributed by atoms with E-state index in [2.05, 4.69) is 16.5 Å². The number of ether oxygens (including phenoxy) is 1. The van der Waals surface area contributed by atoms with Crippen molar-refractivity contribution >= 4 is 28.9 Å². The SMILES string of the molecule is C=Cc1cccc(F)c1-c1cc2c(cc1F)c(N1CCN(C(=O)OC(C)(C)C)C[C@@H]1C)nc(=O)n2-c1c(C)ccnc1C(C)C. The second kappa shape index (κ2) is 12.1. The van der Waals surface area contributed by atoms with Gasteiger partial charge in [-0.25, -0.2) is 18.4 Å². The van der Waals surface area contributed by atoms with E-state index in [1.165, 1.54) is 28.8 Å². The molecule has 0 saturated carbocycles. The van der Waals surface area contributed by atoms with Gasteiger partial charge < -0.3 is 14.5 Å². The van der Waals surface area contributed by atoms with Crippen molar-refractivity contribution in [3.05, 3.63) is 88.1 Å². The normalized spacial score (nSPS) is 15.6. The topological polar surface area (TPSA) is 80.6 Å². The summed E-state index contributed by atoms with van der Waals surface area (Å²) in [6, 6.07) is 8.84. The number of benzene rings is 2. The van der Waals surface area contributed by atoms with Crippen LogP contribution in [0.15, 0.2) is 54.0 Å². The number of fused-ring (bicyclic) bond motifs is 1. The Kier molecular flexibility index (Phi) is 8.53. The molecule has 0 spiro atoms. The highest BCUT2D eigenvalue weighted by molar-refractivity contribution is 5.95. The van der Waals surface area contributed by atoms with Gasteiger partial charge in [-0.15, -0.1) is 0 Å². The molecule has 0 radical (unpaired) electrons. The van der Waals surface area contributed by atoms with Crippen LogP contribution in [0.25, 0.3) is 33.8 Å². The number of amides is 1. The molecule has 10 heteroatoms. The molecule has 8 nitrogen and oxygen atoms in total. The molecule has 45 heavy (non-hydrogen) atoms. The van der Waals surface area contributed by atoms with Gasteiger partial charge in [0.2, 0.25) is 0 Å². The lowest BCUT2D eigenvalue weighted by atomic mass is 9.96. The summed E-state index contributed by atoms with van der Waals surface area (Å²) in [4.78, 5) is 39.6. The van der Waals surface area contributed by atoms with Gasteiger partial charge in [-0.2, -0.15) is 4.98 Å². The van der Waals surface area contributed by atoms with Gasteiger partial charge in [0, 0.05) is 48.4 Å². The van der Waals surface area contributed by atoms with Gasteiger partial charge in [0.15, 0.2) is 0 Å². The van der Waals surface area contributed by atoms with Gasteiger partial charge in [-0.1, -0.05) is 38.6 Å². The summed E-state index contributed by atoms with van der Waals surface area (Å²) in [6.07, 6.45) is 2.74. The molecule has 0 bridgehead atoms. The van der Waals surface area contributed by atoms with E-state index >= 15 is 8.78 Å². The van der Waals surface area contributed by atoms with Crippen LogP contribution in [0.3, 0.4) is 0 Å². The first-order valence-corrected chi connectivity index (χ1v) is 15.1. The molecule has 4 aromatic rings. The molecule has 2 aromatic heterocycles. The molecule has 0 unspecified atom stereocenters. The molecule has 5 rings (SSSR count). The third-order valence-corrected chi connectivity index (χ3v) is 7.97. The summed E-state index contributed by atoms with van der Waals surface area (Å²) in [6.45, 7) is 18.0. The Morgan fingerprint density at radius 3 is 2.51 bits per heavy atom. The predicted molar refractivity (Wildman–Crippen MR) is 174 cm³/mol. The standard InChI is InChI=1S/C35H39F2N5O3/c1-9-23-11-10-12-26(36)29(23)24-18-28-25(17-27(24)37)32(41-16-15-40(19-22(41)5)34(44)45-35(6,7)8)39-33(43)42(28)31-21(4)13-14-38-30(31)20(2)3/h9-14,17-18,20,22H,1,15-16,19H2,2-8H3/t22-/m0/s1. The zero-order chi connectivity index (χ0) is 32.8. The molecule has 2 aromatic carbocycles. The van der Waals surface area contributed by atoms with Crippen molar-refractivity contribution in [2.24, 2.45) is 0 Å². The van der Waals surface area contributed by atoms with E-state index in [4.69, 9.17) is 4.74 Å². The van der Waals surface area contributed by atoms with Crippen molar-refractivity contribution in [1.82, 2.24) is 19.4 Å². The smallest absolute Gasteiger partial charge is 0.410 e. The highest BCUT2D eigenvalue weighted by Gasteiger charge is 2.33. The van der Waals surface area contributed by atoms with Crippen LogP contribution in [0.4, 0.5) is 19.4 Å². The zero-order valence-electron chi connectivity index (χ0n) is 26.8. The van der Waals surface area contributed by atoms with Gasteiger partial charge in [0.25, 0.3) is 0 Å². The number of carbonyl (C=O) groups is 1. The maximum Gasteiger partial charge on any atom is 0.410 e. The lowest BCUT2D eigenvalue weighted by molar-refractivity contribution is 0.0218. The fourth-order valence-corrected chi connectivity index (χ4v) is 5.90. The van der Waals surface area contributed by atoms with Crippen molar-refractivity contribution < 1.29 is 18.3 Å². The van der Waals surface area contributed by atoms with Crippen LogP contribution < -0.4 is 10.6 Å². The second-order valence-electron chi connectivity index (χ2n) is 12.8. The monoisotopic (exact) mass is 615 g/mol. The molecular weight excluding hydrogens is 576 g/mol. The van der Waals surface area contributed by atoms with Crippen molar-refractivity contribution in [3.63, 3.8) is 0 Å². The van der Waals surface area contributed by atoms with Crippen molar-refractivity contribution in [1.29, 1.82) is 0 Å². The summed E-state index contributed by atoms with van der Waals surface area (Å²) in [5.41, 5.74) is 1.63. The average molecular weight is 616 g/mol. The molecule has 1 fully saturated rings. The number of hydrogen-bond donors (Lipinski definition) is 0. The first kappa shape index (κ1) is 31.8. The van der Waals surface area contributed by atoms with Crippen molar-refractivity contribution in [2.75, 3.05) is 24.5 Å². The predicted octanol–water partition coefficient (Wildman–Crippen LogP) is 7.25. The number of pyridine rings is 1. The number of hydrogen-bond acceptors (Lipinski definition) is 6. The molecule has 1 saturated heterocycles. The highest BCUT2D eigenvalue weighted by atomic mass is 19.1. The van der Waals surface area contributed by atoms with Gasteiger partial charge in [-0.3, -0.25) is 9.55 Å². The summed E-state index contributed by atoms with van der Waals surface area (Å²) in [7, 11) is 0. The van der Waals surface area contributed by atoms with E-state index in [0.717, 1.165) is 5.56 Å². The average Bonchev–Trinajstić information content (AvgIpc) is 2.96. The van der Waals surface area contributed by atoms with Crippen LogP contribution in [0.5, 0.6) is 0 Å². The number of halogens is 2. The molecule has 1 atom stereocenters. The number of piperazine rings is 1. The van der Waals surface area contributed by atoms with Crippen LogP contribution in [-0.2, 0) is 4.74 Å². The van der Waals surface area contributed by atoms with Crippen molar-refractivity contribution in [2.45, 2.75) is 66.0 Å². The Balaban J connectivity index is 1.76. The first-order valence-electron chi connectivity index (χ1n) is 15.1. The minimum absolute atomic E-state index is 0.00349. The largest absolute Gasteiger partial charge is 0.444 e. The number of aromatic nitrogens is 3. The molecule has 3 heterocycles. The van der Waals surface area contributed by atoms with E-state index in [1.54, 1.807) is 23.2 Å². The Hall–Kier alpha value is -4.60. The third kappa shape index (κ3) is 6.06. The summed E-state index contributed by atoms with van der Waals surface area (Å²) in [5.74, 6) is -1.03. The Labute approximate surface area is 262 Å². The molecule has 1 aliphatic heterocycles. The lowest BCUT2D eigenvalue weighted by Crippen LogP contribution is -2.55. The fourth-order valence-electron chi connectivity index (χ4n) is 5.90. The Bertz CT molecular complexity index is 1860. The second-order valence-corrected chi connectivity index (χ2v) is 12.8. The quantitative estimate of drug-likeness (QED) is 0.235. The number of rotatable bonds is 5. The minimum Gasteiger partial charge on any atom is -0.444 e. The Morgan fingerprint density at radius 2 is 1.87 bits per heavy atom. The van der Waals surface area contributed by atoms with Crippen LogP contribution in [0.2, 0.25) is 0 Å². The molecule has 0 aliphatic carbocycles. The minimum atomic E-state index is -0.670. The van der Waals surface area contributed by atoms with Crippen molar-refractivity contribution in [3.8, 4) is 16.8 Å². The van der Waals surface area contributed by atoms with Crippen LogP contribution in [-0.4, -0.2) is 56.8 Å². The van der Waals surface area contributed by atoms with Crippen LogP contribution in [0.1, 0.15) is 64.3 Å². The van der Waals surface area contributed by atoms with Gasteiger partial charge in [0.05, 0.1) is 16.9 Å². The molecule has 236 valence electrons. The Morgan fingerprint density at radius 1 is 1.13 bits per heavy atom. The molecule has 0 N–H and O–H groups in total. The number of carbonyl (C=O) groups excluding carboxylic acids is 1. The molecule has 1 aliphatic rings. The van der Waals surface area contributed by atoms with E-state index < -0.39 is 29.0 Å². The summed E-state index contributed by atoms with van der Waals surface area (Å²) < 4.78 is 38.5. The van der Waals surface area contributed by atoms with Crippen LogP contribution >= 0.6 is 0 Å². The summed E-state index contributed by atoms with van der Waals surface area (Å²) in [5, 5.41) is 0.378. The zero-order valence-corrected chi connectivity index (χ0v) is 26.8. The van der Waals surface area contributed by atoms with Gasteiger partial charge in [0.1, 0.15) is 23.1 Å². The number of anilines is 1. The fraction of sp³-hybridized carbons (Fsp3) is 0.371. The third-order valence-electron chi connectivity index (χ3n) is 7.97. The lowest BCUT2D eigenvalue weighted by Gasteiger charge is -2.41. The number of nitrogens with zero attached hydrogens (tertiary/aromatic N) is 5. The van der Waals surface area contributed by atoms with E-state index in [0.29, 0.717) is 47.5 Å².